The number of hydrogen-bond donors (Lipinski definition) is 1. The molecule has 2 heterocycles. The van der Waals surface area contributed by atoms with E-state index in [1.165, 1.54) is 54.9 Å². The molecule has 0 radical (unpaired) electrons. The molecule has 6 aromatic rings. The van der Waals surface area contributed by atoms with E-state index >= 15 is 0 Å². The molecule has 21 heteroatoms. The first-order chi connectivity index (χ1) is 32.7. The van der Waals surface area contributed by atoms with Crippen LogP contribution in [0.4, 0.5) is 35.1 Å². The molecule has 0 fully saturated rings. The molecule has 12 nitrogen and oxygen atoms in total. The summed E-state index contributed by atoms with van der Waals surface area (Å²) >= 11 is 2.99. The van der Waals surface area contributed by atoms with E-state index in [0.29, 0.717) is 12.1 Å². The molecule has 3 unspecified atom stereocenters. The van der Waals surface area contributed by atoms with Gasteiger partial charge in [0.25, 0.3) is 11.1 Å². The summed E-state index contributed by atoms with van der Waals surface area (Å²) in [5.74, 6) is -9.63. The third-order valence-corrected chi connectivity index (χ3v) is 9.77. The van der Waals surface area contributed by atoms with Crippen LogP contribution in [0.1, 0.15) is 59.9 Å². The molecule has 2 aromatic heterocycles. The summed E-state index contributed by atoms with van der Waals surface area (Å²) in [6.07, 6.45) is 2.43. The van der Waals surface area contributed by atoms with Gasteiger partial charge in [-0.25, -0.2) is 44.7 Å². The summed E-state index contributed by atoms with van der Waals surface area (Å²) in [7, 11) is 0. The largest absolute Gasteiger partial charge is 0.479 e. The highest BCUT2D eigenvalue weighted by Crippen LogP contribution is 2.27. The lowest BCUT2D eigenvalue weighted by Gasteiger charge is -2.19. The predicted octanol–water partition coefficient (Wildman–Crippen LogP) is 9.11. The predicted molar refractivity (Wildman–Crippen MR) is 236 cm³/mol. The highest BCUT2D eigenvalue weighted by molar-refractivity contribution is 9.09. The fourth-order valence-electron chi connectivity index (χ4n) is 5.85. The fourth-order valence-corrected chi connectivity index (χ4v) is 6.35. The summed E-state index contributed by atoms with van der Waals surface area (Å²) in [5, 5.41) is 9.18. The van der Waals surface area contributed by atoms with Gasteiger partial charge in [-0.05, 0) is 62.7 Å². The Morgan fingerprint density at radius 1 is 0.522 bits per heavy atom. The molecule has 0 saturated carbocycles. The molecule has 4 aromatic carbocycles. The lowest BCUT2D eigenvalue weighted by Crippen LogP contribution is -2.31. The van der Waals surface area contributed by atoms with Crippen LogP contribution in [0, 0.1) is 46.5 Å². The number of carboxylic acids is 1. The number of aromatic nitrogens is 2. The van der Waals surface area contributed by atoms with E-state index in [1.807, 2.05) is 0 Å². The number of pyridine rings is 2. The summed E-state index contributed by atoms with van der Waals surface area (Å²) in [4.78, 5) is 68.2. The molecule has 0 aliphatic carbocycles. The van der Waals surface area contributed by atoms with Crippen molar-refractivity contribution in [3.8, 4) is 0 Å². The Morgan fingerprint density at radius 2 is 0.913 bits per heavy atom. The number of benzene rings is 4. The number of rotatable bonds is 13. The third-order valence-electron chi connectivity index (χ3n) is 8.90. The van der Waals surface area contributed by atoms with Crippen LogP contribution in [-0.4, -0.2) is 57.9 Å². The number of carboxylic acid groups (broad SMARTS) is 1. The molecule has 366 valence electrons. The van der Waals surface area contributed by atoms with Crippen molar-refractivity contribution in [3.63, 3.8) is 0 Å². The first-order valence-electron chi connectivity index (χ1n) is 20.2. The molecular formula is C48H41BrF8N2O10. The molecule has 0 aliphatic heterocycles. The number of halogens is 9. The van der Waals surface area contributed by atoms with Gasteiger partial charge in [0.2, 0.25) is 0 Å². The van der Waals surface area contributed by atoms with Crippen LogP contribution in [0.25, 0.3) is 0 Å². The summed E-state index contributed by atoms with van der Waals surface area (Å²) < 4.78 is 121. The van der Waals surface area contributed by atoms with E-state index in [9.17, 15) is 69.0 Å². The average molecular weight is 1040 g/mol. The molecule has 1 N–H and O–H groups in total. The quantitative estimate of drug-likeness (QED) is 0.0512. The maximum atomic E-state index is 14.0. The number of aliphatic carboxylic acids is 1. The maximum Gasteiger partial charge on any atom is 0.334 e. The van der Waals surface area contributed by atoms with Gasteiger partial charge in [-0.1, -0.05) is 52.3 Å². The Hall–Kier alpha value is -7.42. The van der Waals surface area contributed by atoms with Crippen molar-refractivity contribution in [1.82, 2.24) is 9.13 Å². The van der Waals surface area contributed by atoms with E-state index in [-0.39, 0.29) is 48.5 Å². The topological polar surface area (TPSA) is 160 Å². The number of ether oxygens (including phenoxy) is 3. The SMILES string of the molecule is CCOC(=O)C(Br)c1ccc(F)cc1F.CCOC(=O)C(c1ccc(F)cc1F)n1ccccc1=O.CCOC(=O)Cc1ccc(F)cc1F.O=C(O)C(c1ccc(F)cc1F)n1ccccc1=O. The normalized spacial score (nSPS) is 11.7. The van der Waals surface area contributed by atoms with Crippen LogP contribution >= 0.6 is 15.9 Å². The minimum Gasteiger partial charge on any atom is -0.479 e. The zero-order chi connectivity index (χ0) is 51.4. The smallest absolute Gasteiger partial charge is 0.334 e. The number of carbonyl (C=O) groups excluding carboxylic acids is 3. The zero-order valence-electron chi connectivity index (χ0n) is 36.5. The van der Waals surface area contributed by atoms with Gasteiger partial charge in [-0.3, -0.25) is 28.3 Å². The standard InChI is InChI=1S/C15H13F2NO3.C13H9F2NO3.C10H9BrF2O2.C10H10F2O2/c1-2-21-15(20)14(18-8-4-3-5-13(18)19)11-7-6-10(16)9-12(11)17;14-8-4-5-9(10(15)7-8)12(13(18)19)16-6-2-1-3-11(16)17;1-2-15-10(14)9(11)7-4-3-6(12)5-8(7)13;1-2-14-10(13)5-7-3-4-8(11)6-9(7)12/h3-9,14H,2H2,1H3;1-7,12H,(H,18,19);3-5,9H,2H2,1H3;3-4,6H,2,5H2,1H3. The van der Waals surface area contributed by atoms with Crippen LogP contribution < -0.4 is 11.1 Å². The van der Waals surface area contributed by atoms with Gasteiger partial charge >= 0.3 is 23.9 Å². The molecule has 0 saturated heterocycles. The van der Waals surface area contributed by atoms with E-state index < -0.39 is 98.4 Å². The Bertz CT molecular complexity index is 2840. The highest BCUT2D eigenvalue weighted by atomic mass is 79.9. The van der Waals surface area contributed by atoms with Crippen LogP contribution in [0.15, 0.2) is 131 Å². The van der Waals surface area contributed by atoms with Gasteiger partial charge in [0.1, 0.15) is 51.4 Å². The van der Waals surface area contributed by atoms with E-state index in [2.05, 4.69) is 20.7 Å². The monoisotopic (exact) mass is 1040 g/mol. The number of esters is 3. The second-order valence-electron chi connectivity index (χ2n) is 13.6. The summed E-state index contributed by atoms with van der Waals surface area (Å²) in [6, 6.07) is 17.0. The third kappa shape index (κ3) is 16.7. The Kier molecular flexibility index (Phi) is 22.2. The van der Waals surface area contributed by atoms with Gasteiger partial charge < -0.3 is 19.3 Å². The van der Waals surface area contributed by atoms with Gasteiger partial charge in [0.05, 0.1) is 26.2 Å². The van der Waals surface area contributed by atoms with Crippen molar-refractivity contribution >= 4 is 39.8 Å². The maximum absolute atomic E-state index is 14.0. The van der Waals surface area contributed by atoms with E-state index in [0.717, 1.165) is 63.7 Å². The Labute approximate surface area is 396 Å². The second kappa shape index (κ2) is 27.4. The van der Waals surface area contributed by atoms with Crippen molar-refractivity contribution in [2.45, 2.75) is 44.1 Å². The summed E-state index contributed by atoms with van der Waals surface area (Å²) in [5.41, 5.74) is -1.26. The van der Waals surface area contributed by atoms with Crippen molar-refractivity contribution in [1.29, 1.82) is 0 Å². The fraction of sp³-hybridized carbons (Fsp3) is 0.208. The molecule has 0 spiro atoms. The van der Waals surface area contributed by atoms with Crippen molar-refractivity contribution < 1.29 is 73.6 Å². The molecular weight excluding hydrogens is 996 g/mol. The Morgan fingerprint density at radius 3 is 1.32 bits per heavy atom. The minimum atomic E-state index is -1.53. The zero-order valence-corrected chi connectivity index (χ0v) is 38.1. The van der Waals surface area contributed by atoms with Crippen LogP contribution in [0.3, 0.4) is 0 Å². The van der Waals surface area contributed by atoms with Crippen LogP contribution in [0.5, 0.6) is 0 Å². The highest BCUT2D eigenvalue weighted by Gasteiger charge is 2.28. The molecule has 3 atom stereocenters. The Balaban J connectivity index is 0.000000247. The summed E-state index contributed by atoms with van der Waals surface area (Å²) in [6.45, 7) is 5.46. The number of alkyl halides is 1. The minimum absolute atomic E-state index is 0.0647. The molecule has 0 bridgehead atoms. The van der Waals surface area contributed by atoms with Gasteiger partial charge in [-0.15, -0.1) is 0 Å². The van der Waals surface area contributed by atoms with Crippen LogP contribution in [-0.2, 0) is 39.8 Å². The second-order valence-corrected chi connectivity index (χ2v) is 14.5. The molecule has 69 heavy (non-hydrogen) atoms. The molecule has 6 rings (SSSR count). The van der Waals surface area contributed by atoms with E-state index in [4.69, 9.17) is 9.47 Å². The van der Waals surface area contributed by atoms with Gasteiger partial charge in [0.15, 0.2) is 12.1 Å². The van der Waals surface area contributed by atoms with Gasteiger partial charge in [-0.2, -0.15) is 0 Å². The number of carbonyl (C=O) groups is 4. The van der Waals surface area contributed by atoms with Crippen molar-refractivity contribution in [2.24, 2.45) is 0 Å². The van der Waals surface area contributed by atoms with Crippen molar-refractivity contribution in [2.75, 3.05) is 19.8 Å². The molecule has 0 amide bonds. The lowest BCUT2D eigenvalue weighted by atomic mass is 10.1. The number of nitrogens with zero attached hydrogens (tertiary/aromatic N) is 2. The van der Waals surface area contributed by atoms with Crippen LogP contribution in [0.2, 0.25) is 0 Å². The first-order valence-corrected chi connectivity index (χ1v) is 21.1. The van der Waals surface area contributed by atoms with E-state index in [1.54, 1.807) is 20.8 Å². The first kappa shape index (κ1) is 55.9. The van der Waals surface area contributed by atoms with Crippen molar-refractivity contribution in [3.05, 3.63) is 211 Å². The number of hydrogen-bond acceptors (Lipinski definition) is 9. The van der Waals surface area contributed by atoms with Gasteiger partial charge in [0, 0.05) is 65.5 Å². The lowest BCUT2D eigenvalue weighted by molar-refractivity contribution is -0.146. The average Bonchev–Trinajstić information content (AvgIpc) is 3.28. The molecule has 0 aliphatic rings.